The van der Waals surface area contributed by atoms with E-state index in [1.54, 1.807) is 0 Å². The van der Waals surface area contributed by atoms with Crippen molar-refractivity contribution in [2.75, 3.05) is 0 Å². The predicted molar refractivity (Wildman–Crippen MR) is 121 cm³/mol. The highest BCUT2D eigenvalue weighted by atomic mass is 35.5. The van der Waals surface area contributed by atoms with Crippen LogP contribution >= 0.6 is 23.4 Å². The molecule has 1 nitrogen and oxygen atoms in total. The van der Waals surface area contributed by atoms with E-state index in [4.69, 9.17) is 16.6 Å². The molecule has 0 saturated carbocycles. The van der Waals surface area contributed by atoms with Gasteiger partial charge >= 0.3 is 0 Å². The van der Waals surface area contributed by atoms with Crippen LogP contribution in [0.4, 0.5) is 5.69 Å². The molecule has 2 atom stereocenters. The summed E-state index contributed by atoms with van der Waals surface area (Å²) in [4.78, 5) is 6.26. The highest BCUT2D eigenvalue weighted by Gasteiger charge is 2.24. The Kier molecular flexibility index (Phi) is 6.98. The van der Waals surface area contributed by atoms with Gasteiger partial charge in [0.05, 0.1) is 11.1 Å². The summed E-state index contributed by atoms with van der Waals surface area (Å²) >= 11 is 8.12. The summed E-state index contributed by atoms with van der Waals surface area (Å²) in [5.41, 5.74) is 6.07. The van der Waals surface area contributed by atoms with Crippen LogP contribution in [0.2, 0.25) is 0 Å². The molecule has 0 radical (unpaired) electrons. The zero-order chi connectivity index (χ0) is 19.2. The number of hydrogen-bond donors (Lipinski definition) is 0. The van der Waals surface area contributed by atoms with Crippen molar-refractivity contribution in [3.8, 4) is 0 Å². The van der Waals surface area contributed by atoms with Crippen LogP contribution in [0.15, 0.2) is 82.2 Å². The molecule has 2 unspecified atom stereocenters. The standard InChI is InChI=1S/C22H20ClNS.C2H6/c1-15-6-8-16(9-7-15)20-14-22(17-10-12-18(23)13-11-17)25-21-5-3-2-4-19(21)24-20;1-2/h2-12,18,22H,13-14H2,1H3;1-2H3. The molecule has 4 rings (SSSR count). The van der Waals surface area contributed by atoms with E-state index in [0.717, 1.165) is 24.2 Å². The SMILES string of the molecule is CC.Cc1ccc(C2=Nc3ccccc3SC(C3=CCC(Cl)C=C3)C2)cc1. The van der Waals surface area contributed by atoms with Crippen LogP contribution in [0, 0.1) is 6.92 Å². The molecule has 0 amide bonds. The van der Waals surface area contributed by atoms with Crippen molar-refractivity contribution in [2.45, 2.75) is 49.1 Å². The number of aryl methyl sites for hydroxylation is 1. The summed E-state index contributed by atoms with van der Waals surface area (Å²) in [5, 5.41) is 0.487. The molecule has 2 aliphatic rings. The van der Waals surface area contributed by atoms with Crippen LogP contribution in [-0.4, -0.2) is 16.3 Å². The fraction of sp³-hybridized carbons (Fsp3) is 0.292. The highest BCUT2D eigenvalue weighted by Crippen LogP contribution is 2.41. The van der Waals surface area contributed by atoms with Gasteiger partial charge in [-0.05, 0) is 36.6 Å². The Hall–Kier alpha value is -1.77. The van der Waals surface area contributed by atoms with Gasteiger partial charge in [-0.3, -0.25) is 4.99 Å². The van der Waals surface area contributed by atoms with Crippen LogP contribution in [0.5, 0.6) is 0 Å². The Labute approximate surface area is 172 Å². The van der Waals surface area contributed by atoms with Gasteiger partial charge in [-0.15, -0.1) is 23.4 Å². The molecule has 0 fully saturated rings. The zero-order valence-electron chi connectivity index (χ0n) is 16.2. The topological polar surface area (TPSA) is 12.4 Å². The fourth-order valence-electron chi connectivity index (χ4n) is 3.17. The van der Waals surface area contributed by atoms with Crippen molar-refractivity contribution in [3.63, 3.8) is 0 Å². The highest BCUT2D eigenvalue weighted by molar-refractivity contribution is 8.00. The van der Waals surface area contributed by atoms with E-state index in [2.05, 4.69) is 73.7 Å². The normalized spacial score (nSPS) is 21.2. The molecular formula is C24H26ClNS. The number of rotatable bonds is 2. The molecule has 2 aromatic carbocycles. The maximum Gasteiger partial charge on any atom is 0.0769 e. The van der Waals surface area contributed by atoms with Gasteiger partial charge in [0.1, 0.15) is 0 Å². The maximum atomic E-state index is 6.21. The first kappa shape index (κ1) is 20.0. The number of benzene rings is 2. The Bertz CT molecular complexity index is 864. The van der Waals surface area contributed by atoms with Gasteiger partial charge in [-0.1, -0.05) is 74.0 Å². The van der Waals surface area contributed by atoms with E-state index in [-0.39, 0.29) is 5.38 Å². The van der Waals surface area contributed by atoms with E-state index >= 15 is 0 Å². The Morgan fingerprint density at radius 1 is 1.04 bits per heavy atom. The Morgan fingerprint density at radius 2 is 1.78 bits per heavy atom. The summed E-state index contributed by atoms with van der Waals surface area (Å²) in [7, 11) is 0. The average Bonchev–Trinajstić information content (AvgIpc) is 2.90. The van der Waals surface area contributed by atoms with Crippen molar-refractivity contribution in [1.82, 2.24) is 0 Å². The van der Waals surface area contributed by atoms with Crippen molar-refractivity contribution >= 4 is 34.8 Å². The van der Waals surface area contributed by atoms with Crippen LogP contribution in [-0.2, 0) is 0 Å². The van der Waals surface area contributed by atoms with E-state index < -0.39 is 0 Å². The fourth-order valence-corrected chi connectivity index (χ4v) is 4.59. The van der Waals surface area contributed by atoms with Crippen LogP contribution in [0.1, 0.15) is 37.8 Å². The van der Waals surface area contributed by atoms with Gasteiger partial charge in [-0.2, -0.15) is 0 Å². The molecule has 0 aromatic heterocycles. The third-order valence-corrected chi connectivity index (χ3v) is 6.25. The molecular weight excluding hydrogens is 370 g/mol. The molecule has 0 N–H and O–H groups in total. The van der Waals surface area contributed by atoms with Gasteiger partial charge in [0.2, 0.25) is 0 Å². The molecule has 1 heterocycles. The van der Waals surface area contributed by atoms with Gasteiger partial charge in [0.15, 0.2) is 0 Å². The van der Waals surface area contributed by atoms with Gasteiger partial charge in [0.25, 0.3) is 0 Å². The summed E-state index contributed by atoms with van der Waals surface area (Å²) < 4.78 is 0. The first-order chi connectivity index (χ1) is 13.2. The van der Waals surface area contributed by atoms with Gasteiger partial charge < -0.3 is 0 Å². The summed E-state index contributed by atoms with van der Waals surface area (Å²) in [6.07, 6.45) is 8.42. The first-order valence-electron chi connectivity index (χ1n) is 9.61. The first-order valence-corrected chi connectivity index (χ1v) is 10.9. The van der Waals surface area contributed by atoms with E-state index in [1.807, 2.05) is 25.6 Å². The maximum absolute atomic E-state index is 6.21. The minimum atomic E-state index is 0.122. The smallest absolute Gasteiger partial charge is 0.0769 e. The lowest BCUT2D eigenvalue weighted by Crippen LogP contribution is -2.14. The lowest BCUT2D eigenvalue weighted by Gasteiger charge is -2.20. The zero-order valence-corrected chi connectivity index (χ0v) is 17.7. The second-order valence-corrected chi connectivity index (χ2v) is 8.32. The van der Waals surface area contributed by atoms with Gasteiger partial charge in [0, 0.05) is 22.3 Å². The number of alkyl halides is 1. The number of para-hydroxylation sites is 1. The van der Waals surface area contributed by atoms with Gasteiger partial charge in [-0.25, -0.2) is 0 Å². The molecule has 3 heteroatoms. The predicted octanol–water partition coefficient (Wildman–Crippen LogP) is 7.50. The van der Waals surface area contributed by atoms with Crippen LogP contribution in [0.25, 0.3) is 0 Å². The van der Waals surface area contributed by atoms with E-state index in [1.165, 1.54) is 21.6 Å². The molecule has 0 bridgehead atoms. The molecule has 1 aliphatic heterocycles. The molecule has 0 spiro atoms. The quantitative estimate of drug-likeness (QED) is 0.479. The Morgan fingerprint density at radius 3 is 2.48 bits per heavy atom. The summed E-state index contributed by atoms with van der Waals surface area (Å²) in [6, 6.07) is 17.1. The van der Waals surface area contributed by atoms with Crippen molar-refractivity contribution < 1.29 is 0 Å². The number of hydrogen-bond acceptors (Lipinski definition) is 2. The largest absolute Gasteiger partial charge is 0.252 e. The van der Waals surface area contributed by atoms with Crippen LogP contribution < -0.4 is 0 Å². The third kappa shape index (κ3) is 4.94. The minimum Gasteiger partial charge on any atom is -0.252 e. The molecule has 1 aliphatic carbocycles. The Balaban J connectivity index is 0.00000102. The number of nitrogens with zero attached hydrogens (tertiary/aromatic N) is 1. The summed E-state index contributed by atoms with van der Waals surface area (Å²) in [6.45, 7) is 6.12. The molecule has 2 aromatic rings. The second-order valence-electron chi connectivity index (χ2n) is 6.52. The number of fused-ring (bicyclic) bond motifs is 1. The van der Waals surface area contributed by atoms with Crippen molar-refractivity contribution in [1.29, 1.82) is 0 Å². The van der Waals surface area contributed by atoms with E-state index in [0.29, 0.717) is 5.25 Å². The van der Waals surface area contributed by atoms with Crippen molar-refractivity contribution in [2.24, 2.45) is 4.99 Å². The van der Waals surface area contributed by atoms with Crippen molar-refractivity contribution in [3.05, 3.63) is 83.5 Å². The van der Waals surface area contributed by atoms with E-state index in [9.17, 15) is 0 Å². The minimum absolute atomic E-state index is 0.122. The molecule has 0 saturated heterocycles. The number of thioether (sulfide) groups is 1. The second kappa shape index (κ2) is 9.43. The number of halogens is 1. The molecule has 27 heavy (non-hydrogen) atoms. The monoisotopic (exact) mass is 395 g/mol. The number of allylic oxidation sites excluding steroid dienone is 3. The average molecular weight is 396 g/mol. The molecule has 140 valence electrons. The lowest BCUT2D eigenvalue weighted by molar-refractivity contribution is 0.974. The van der Waals surface area contributed by atoms with Crippen LogP contribution in [0.3, 0.4) is 0 Å². The summed E-state index contributed by atoms with van der Waals surface area (Å²) in [5.74, 6) is 0. The third-order valence-electron chi connectivity index (χ3n) is 4.60. The lowest BCUT2D eigenvalue weighted by atomic mass is 9.97. The number of aliphatic imine (C=N–C) groups is 1.